The summed E-state index contributed by atoms with van der Waals surface area (Å²) in [5.74, 6) is 0.945. The number of halogens is 3. The third-order valence-electron chi connectivity index (χ3n) is 3.84. The van der Waals surface area contributed by atoms with E-state index in [1.54, 1.807) is 7.05 Å². The molecule has 0 aromatic rings. The Labute approximate surface area is 101 Å². The Morgan fingerprint density at radius 2 is 1.94 bits per heavy atom. The average Bonchev–Trinajstić information content (AvgIpc) is 2.25. The van der Waals surface area contributed by atoms with E-state index in [0.717, 1.165) is 19.3 Å². The maximum absolute atomic E-state index is 12.2. The average molecular weight is 252 g/mol. The van der Waals surface area contributed by atoms with Gasteiger partial charge in [-0.25, -0.2) is 0 Å². The molecule has 0 saturated heterocycles. The van der Waals surface area contributed by atoms with Gasteiger partial charge in [-0.2, -0.15) is 13.2 Å². The van der Waals surface area contributed by atoms with Crippen LogP contribution in [0.2, 0.25) is 0 Å². The van der Waals surface area contributed by atoms with Crippen LogP contribution in [0.15, 0.2) is 0 Å². The molecule has 5 heteroatoms. The van der Waals surface area contributed by atoms with Crippen LogP contribution in [0.4, 0.5) is 13.2 Å². The first-order chi connectivity index (χ1) is 7.83. The summed E-state index contributed by atoms with van der Waals surface area (Å²) in [7, 11) is 1.79. The van der Waals surface area contributed by atoms with Crippen LogP contribution in [0.1, 0.15) is 32.6 Å². The van der Waals surface area contributed by atoms with Gasteiger partial charge in [-0.1, -0.05) is 13.3 Å². The zero-order valence-electron chi connectivity index (χ0n) is 10.6. The van der Waals surface area contributed by atoms with Crippen LogP contribution in [-0.4, -0.2) is 37.3 Å². The summed E-state index contributed by atoms with van der Waals surface area (Å²) in [6.07, 6.45) is -1.64. The van der Waals surface area contributed by atoms with Gasteiger partial charge in [0.2, 0.25) is 0 Å². The lowest BCUT2D eigenvalue weighted by atomic mass is 9.78. The van der Waals surface area contributed by atoms with Crippen molar-refractivity contribution in [2.24, 2.45) is 17.6 Å². The van der Waals surface area contributed by atoms with Gasteiger partial charge in [0.15, 0.2) is 0 Å². The summed E-state index contributed by atoms with van der Waals surface area (Å²) in [5.41, 5.74) is 5.71. The predicted octanol–water partition coefficient (Wildman–Crippen LogP) is 2.63. The molecule has 1 saturated carbocycles. The van der Waals surface area contributed by atoms with Gasteiger partial charge in [0.05, 0.1) is 6.42 Å². The summed E-state index contributed by atoms with van der Waals surface area (Å²) in [6, 6.07) is 0.214. The van der Waals surface area contributed by atoms with Crippen molar-refractivity contribution in [2.45, 2.75) is 44.8 Å². The molecule has 1 rings (SSSR count). The van der Waals surface area contributed by atoms with Crippen LogP contribution >= 0.6 is 0 Å². The molecule has 2 N–H and O–H groups in total. The standard InChI is InChI=1S/C12H23F3N2/c1-9-3-4-10(8-16)11(7-9)17(2)6-5-12(13,14)15/h9-11H,3-8,16H2,1-2H3. The van der Waals surface area contributed by atoms with E-state index in [1.165, 1.54) is 0 Å². The van der Waals surface area contributed by atoms with Crippen molar-refractivity contribution >= 4 is 0 Å². The van der Waals surface area contributed by atoms with E-state index in [1.807, 2.05) is 4.90 Å². The van der Waals surface area contributed by atoms with Crippen LogP contribution in [0, 0.1) is 11.8 Å². The molecule has 0 amide bonds. The molecule has 0 bridgehead atoms. The van der Waals surface area contributed by atoms with Crippen LogP contribution < -0.4 is 5.73 Å². The molecule has 0 aliphatic heterocycles. The summed E-state index contributed by atoms with van der Waals surface area (Å²) in [6.45, 7) is 2.82. The minimum absolute atomic E-state index is 0.0807. The van der Waals surface area contributed by atoms with Crippen molar-refractivity contribution in [1.29, 1.82) is 0 Å². The molecule has 3 atom stereocenters. The maximum atomic E-state index is 12.2. The molecule has 0 spiro atoms. The van der Waals surface area contributed by atoms with Crippen molar-refractivity contribution in [3.8, 4) is 0 Å². The van der Waals surface area contributed by atoms with Gasteiger partial charge in [-0.15, -0.1) is 0 Å². The number of hydrogen-bond donors (Lipinski definition) is 1. The third-order valence-corrected chi connectivity index (χ3v) is 3.84. The monoisotopic (exact) mass is 252 g/mol. The molecule has 0 aromatic heterocycles. The van der Waals surface area contributed by atoms with E-state index in [-0.39, 0.29) is 12.6 Å². The van der Waals surface area contributed by atoms with E-state index in [0.29, 0.717) is 18.4 Å². The fourth-order valence-corrected chi connectivity index (χ4v) is 2.70. The highest BCUT2D eigenvalue weighted by Crippen LogP contribution is 2.32. The van der Waals surface area contributed by atoms with Crippen molar-refractivity contribution in [3.63, 3.8) is 0 Å². The van der Waals surface area contributed by atoms with E-state index in [2.05, 4.69) is 6.92 Å². The lowest BCUT2D eigenvalue weighted by molar-refractivity contribution is -0.139. The quantitative estimate of drug-likeness (QED) is 0.833. The predicted molar refractivity (Wildman–Crippen MR) is 62.6 cm³/mol. The molecule has 0 heterocycles. The molecule has 102 valence electrons. The second-order valence-electron chi connectivity index (χ2n) is 5.33. The Kier molecular flexibility index (Phi) is 5.25. The lowest BCUT2D eigenvalue weighted by Gasteiger charge is -2.40. The van der Waals surface area contributed by atoms with Crippen molar-refractivity contribution in [1.82, 2.24) is 4.90 Å². The van der Waals surface area contributed by atoms with Gasteiger partial charge in [-0.05, 0) is 38.3 Å². The van der Waals surface area contributed by atoms with Crippen LogP contribution in [0.3, 0.4) is 0 Å². The van der Waals surface area contributed by atoms with Crippen molar-refractivity contribution in [3.05, 3.63) is 0 Å². The van der Waals surface area contributed by atoms with Crippen LogP contribution in [-0.2, 0) is 0 Å². The Morgan fingerprint density at radius 1 is 1.29 bits per heavy atom. The molecule has 1 fully saturated rings. The Bertz CT molecular complexity index is 230. The highest BCUT2D eigenvalue weighted by molar-refractivity contribution is 4.85. The maximum Gasteiger partial charge on any atom is 0.390 e. The van der Waals surface area contributed by atoms with Gasteiger partial charge in [-0.3, -0.25) is 0 Å². The zero-order valence-corrected chi connectivity index (χ0v) is 10.6. The number of hydrogen-bond acceptors (Lipinski definition) is 2. The SMILES string of the molecule is CC1CCC(CN)C(N(C)CCC(F)(F)F)C1. The van der Waals surface area contributed by atoms with Gasteiger partial charge in [0.1, 0.15) is 0 Å². The number of nitrogens with two attached hydrogens (primary N) is 1. The lowest BCUT2D eigenvalue weighted by Crippen LogP contribution is -2.45. The Morgan fingerprint density at radius 3 is 2.47 bits per heavy atom. The molecular weight excluding hydrogens is 229 g/mol. The second-order valence-corrected chi connectivity index (χ2v) is 5.33. The molecule has 0 aromatic carbocycles. The third kappa shape index (κ3) is 4.84. The first kappa shape index (κ1) is 14.8. The van der Waals surface area contributed by atoms with E-state index < -0.39 is 12.6 Å². The first-order valence-electron chi connectivity index (χ1n) is 6.30. The number of alkyl halides is 3. The largest absolute Gasteiger partial charge is 0.390 e. The van der Waals surface area contributed by atoms with Crippen LogP contribution in [0.25, 0.3) is 0 Å². The first-order valence-corrected chi connectivity index (χ1v) is 6.30. The van der Waals surface area contributed by atoms with E-state index in [9.17, 15) is 13.2 Å². The molecular formula is C12H23F3N2. The molecule has 17 heavy (non-hydrogen) atoms. The minimum Gasteiger partial charge on any atom is -0.330 e. The molecule has 1 aliphatic rings. The topological polar surface area (TPSA) is 29.3 Å². The number of nitrogens with zero attached hydrogens (tertiary/aromatic N) is 1. The highest BCUT2D eigenvalue weighted by Gasteiger charge is 2.33. The molecule has 1 aliphatic carbocycles. The van der Waals surface area contributed by atoms with Gasteiger partial charge < -0.3 is 10.6 Å². The number of rotatable bonds is 4. The summed E-state index contributed by atoms with van der Waals surface area (Å²) < 4.78 is 36.6. The van der Waals surface area contributed by atoms with Crippen molar-refractivity contribution < 1.29 is 13.2 Å². The normalized spacial score (nSPS) is 30.9. The Balaban J connectivity index is 2.49. The fourth-order valence-electron chi connectivity index (χ4n) is 2.70. The smallest absolute Gasteiger partial charge is 0.330 e. The van der Waals surface area contributed by atoms with E-state index in [4.69, 9.17) is 5.73 Å². The van der Waals surface area contributed by atoms with Gasteiger partial charge in [0.25, 0.3) is 0 Å². The molecule has 3 unspecified atom stereocenters. The second kappa shape index (κ2) is 6.05. The summed E-state index contributed by atoms with van der Waals surface area (Å²) in [4.78, 5) is 1.85. The summed E-state index contributed by atoms with van der Waals surface area (Å²) >= 11 is 0. The Hall–Kier alpha value is -0.290. The van der Waals surface area contributed by atoms with Crippen molar-refractivity contribution in [2.75, 3.05) is 20.1 Å². The molecule has 2 nitrogen and oxygen atoms in total. The van der Waals surface area contributed by atoms with Gasteiger partial charge in [0, 0.05) is 12.6 Å². The highest BCUT2D eigenvalue weighted by atomic mass is 19.4. The van der Waals surface area contributed by atoms with Crippen LogP contribution in [0.5, 0.6) is 0 Å². The minimum atomic E-state index is -4.06. The van der Waals surface area contributed by atoms with Gasteiger partial charge >= 0.3 is 6.18 Å². The fraction of sp³-hybridized carbons (Fsp3) is 1.00. The summed E-state index contributed by atoms with van der Waals surface area (Å²) in [5, 5.41) is 0. The zero-order chi connectivity index (χ0) is 13.1. The van der Waals surface area contributed by atoms with E-state index >= 15 is 0 Å². The molecule has 0 radical (unpaired) electrons.